The molecule has 0 aliphatic carbocycles. The van der Waals surface area contributed by atoms with E-state index in [9.17, 15) is 9.59 Å². The number of hydrogen-bond acceptors (Lipinski definition) is 5. The monoisotopic (exact) mass is 325 g/mol. The lowest BCUT2D eigenvalue weighted by molar-refractivity contribution is -0.125. The Morgan fingerprint density at radius 3 is 2.64 bits per heavy atom. The molecule has 2 rings (SSSR count). The number of hydrogen-bond donors (Lipinski definition) is 2. The second-order valence-corrected chi connectivity index (χ2v) is 6.54. The van der Waals surface area contributed by atoms with Gasteiger partial charge >= 0.3 is 5.97 Å². The Bertz CT molecular complexity index is 510. The summed E-state index contributed by atoms with van der Waals surface area (Å²) in [6.07, 6.45) is 5.39. The molecule has 1 aromatic rings. The highest BCUT2D eigenvalue weighted by Crippen LogP contribution is 2.13. The fourth-order valence-electron chi connectivity index (χ4n) is 2.61. The first kappa shape index (κ1) is 16.9. The summed E-state index contributed by atoms with van der Waals surface area (Å²) >= 11 is 1.32. The number of carbonyl (C=O) groups excluding carboxylic acids is 1. The van der Waals surface area contributed by atoms with Gasteiger partial charge in [-0.2, -0.15) is 0 Å². The molecule has 1 saturated heterocycles. The molecule has 0 bridgehead atoms. The Labute approximate surface area is 134 Å². The molecule has 1 atom stereocenters. The van der Waals surface area contributed by atoms with Crippen LogP contribution in [-0.2, 0) is 11.2 Å². The van der Waals surface area contributed by atoms with Gasteiger partial charge in [-0.05, 0) is 32.9 Å². The number of amides is 1. The number of nitrogens with one attached hydrogen (secondary N) is 1. The number of likely N-dealkylation sites (tertiary alicyclic amines) is 1. The van der Waals surface area contributed by atoms with Crippen molar-refractivity contribution in [1.29, 1.82) is 0 Å². The van der Waals surface area contributed by atoms with Crippen molar-refractivity contribution in [3.8, 4) is 0 Å². The highest BCUT2D eigenvalue weighted by Gasteiger charge is 2.21. The van der Waals surface area contributed by atoms with Crippen molar-refractivity contribution in [3.05, 3.63) is 16.1 Å². The van der Waals surface area contributed by atoms with E-state index in [1.54, 1.807) is 0 Å². The lowest BCUT2D eigenvalue weighted by Gasteiger charge is -2.26. The van der Waals surface area contributed by atoms with Gasteiger partial charge in [-0.3, -0.25) is 9.69 Å². The molecule has 1 aromatic heterocycles. The van der Waals surface area contributed by atoms with Gasteiger partial charge < -0.3 is 10.4 Å². The summed E-state index contributed by atoms with van der Waals surface area (Å²) in [4.78, 5) is 29.2. The van der Waals surface area contributed by atoms with Crippen molar-refractivity contribution in [2.24, 2.45) is 0 Å². The van der Waals surface area contributed by atoms with Crippen LogP contribution in [0.25, 0.3) is 0 Å². The van der Waals surface area contributed by atoms with Crippen LogP contribution in [0.15, 0.2) is 5.38 Å². The van der Waals surface area contributed by atoms with Gasteiger partial charge in [0.2, 0.25) is 5.91 Å². The maximum absolute atomic E-state index is 12.2. The summed E-state index contributed by atoms with van der Waals surface area (Å²) in [5, 5.41) is 14.0. The van der Waals surface area contributed by atoms with Crippen molar-refractivity contribution >= 4 is 23.2 Å². The molecule has 122 valence electrons. The maximum Gasteiger partial charge on any atom is 0.355 e. The Morgan fingerprint density at radius 1 is 1.36 bits per heavy atom. The van der Waals surface area contributed by atoms with E-state index in [1.807, 2.05) is 6.92 Å². The number of aromatic carboxylic acids is 1. The van der Waals surface area contributed by atoms with Crippen molar-refractivity contribution in [3.63, 3.8) is 0 Å². The van der Waals surface area contributed by atoms with Gasteiger partial charge in [0.25, 0.3) is 0 Å². The minimum absolute atomic E-state index is 0.0388. The predicted octanol–water partition coefficient (Wildman–Crippen LogP) is 1.76. The van der Waals surface area contributed by atoms with Crippen LogP contribution in [0.2, 0.25) is 0 Å². The lowest BCUT2D eigenvalue weighted by Crippen LogP contribution is -2.46. The number of nitrogens with zero attached hydrogens (tertiary/aromatic N) is 2. The number of carboxylic acids is 1. The van der Waals surface area contributed by atoms with Gasteiger partial charge in [0, 0.05) is 18.3 Å². The normalized spacial score (nSPS) is 17.7. The largest absolute Gasteiger partial charge is 0.476 e. The van der Waals surface area contributed by atoms with E-state index in [0.717, 1.165) is 30.9 Å². The van der Waals surface area contributed by atoms with Crippen LogP contribution in [0.1, 0.15) is 48.1 Å². The zero-order valence-corrected chi connectivity index (χ0v) is 13.7. The summed E-state index contributed by atoms with van der Waals surface area (Å²) in [5.41, 5.74) is 0.0734. The van der Waals surface area contributed by atoms with Gasteiger partial charge in [-0.1, -0.05) is 12.8 Å². The van der Waals surface area contributed by atoms with E-state index in [0.29, 0.717) is 13.0 Å². The molecule has 7 heteroatoms. The van der Waals surface area contributed by atoms with E-state index in [4.69, 9.17) is 5.11 Å². The summed E-state index contributed by atoms with van der Waals surface area (Å²) in [6.45, 7) is 4.42. The van der Waals surface area contributed by atoms with Gasteiger partial charge in [0.05, 0.1) is 11.0 Å². The van der Waals surface area contributed by atoms with Crippen LogP contribution in [-0.4, -0.2) is 52.5 Å². The third kappa shape index (κ3) is 4.78. The third-order valence-corrected chi connectivity index (χ3v) is 4.89. The molecule has 6 nitrogen and oxygen atoms in total. The standard InChI is InChI=1S/C15H23N3O3S/c1-11(18-8-4-2-3-5-9-18)14(19)16-7-6-13-17-12(10-22-13)15(20)21/h10-11H,2-9H2,1H3,(H,16,19)(H,20,21)/t11-/m0/s1. The summed E-state index contributed by atoms with van der Waals surface area (Å²) in [5.74, 6) is -0.974. The fraction of sp³-hybridized carbons (Fsp3) is 0.667. The molecular weight excluding hydrogens is 302 g/mol. The van der Waals surface area contributed by atoms with Crippen LogP contribution in [0.3, 0.4) is 0 Å². The minimum Gasteiger partial charge on any atom is -0.476 e. The molecule has 2 N–H and O–H groups in total. The summed E-state index contributed by atoms with van der Waals surface area (Å²) in [6, 6.07) is -0.107. The van der Waals surface area contributed by atoms with E-state index in [-0.39, 0.29) is 17.6 Å². The minimum atomic E-state index is -1.01. The maximum atomic E-state index is 12.2. The predicted molar refractivity (Wildman–Crippen MR) is 85.3 cm³/mol. The Kier molecular flexibility index (Phi) is 6.33. The molecule has 0 aromatic carbocycles. The second kappa shape index (κ2) is 8.24. The average molecular weight is 325 g/mol. The molecule has 0 saturated carbocycles. The topological polar surface area (TPSA) is 82.5 Å². The molecule has 0 spiro atoms. The van der Waals surface area contributed by atoms with E-state index >= 15 is 0 Å². The summed E-state index contributed by atoms with van der Waals surface area (Å²) in [7, 11) is 0. The Morgan fingerprint density at radius 2 is 2.05 bits per heavy atom. The van der Waals surface area contributed by atoms with Gasteiger partial charge in [0.15, 0.2) is 5.69 Å². The third-order valence-electron chi connectivity index (χ3n) is 3.98. The lowest BCUT2D eigenvalue weighted by atomic mass is 10.2. The zero-order valence-electron chi connectivity index (χ0n) is 12.9. The van der Waals surface area contributed by atoms with Crippen LogP contribution in [0, 0.1) is 0 Å². The molecule has 1 aliphatic heterocycles. The highest BCUT2D eigenvalue weighted by atomic mass is 32.1. The zero-order chi connectivity index (χ0) is 15.9. The number of rotatable bonds is 6. The molecule has 1 amide bonds. The first-order valence-electron chi connectivity index (χ1n) is 7.77. The van der Waals surface area contributed by atoms with Gasteiger partial charge in [-0.15, -0.1) is 11.3 Å². The van der Waals surface area contributed by atoms with E-state index < -0.39 is 5.97 Å². The van der Waals surface area contributed by atoms with Crippen LogP contribution in [0.4, 0.5) is 0 Å². The first-order valence-corrected chi connectivity index (χ1v) is 8.65. The van der Waals surface area contributed by atoms with Gasteiger partial charge in [-0.25, -0.2) is 9.78 Å². The van der Waals surface area contributed by atoms with Crippen molar-refractivity contribution in [2.75, 3.05) is 19.6 Å². The SMILES string of the molecule is C[C@@H](C(=O)NCCc1nc(C(=O)O)cs1)N1CCCCCC1. The quantitative estimate of drug-likeness (QED) is 0.833. The van der Waals surface area contributed by atoms with Gasteiger partial charge in [0.1, 0.15) is 0 Å². The van der Waals surface area contributed by atoms with Crippen molar-refractivity contribution < 1.29 is 14.7 Å². The van der Waals surface area contributed by atoms with Crippen molar-refractivity contribution in [1.82, 2.24) is 15.2 Å². The first-order chi connectivity index (χ1) is 10.6. The number of carbonyl (C=O) groups is 2. The highest BCUT2D eigenvalue weighted by molar-refractivity contribution is 7.09. The smallest absolute Gasteiger partial charge is 0.355 e. The Balaban J connectivity index is 1.75. The molecule has 0 radical (unpaired) electrons. The van der Waals surface area contributed by atoms with Crippen LogP contribution >= 0.6 is 11.3 Å². The van der Waals surface area contributed by atoms with E-state index in [1.165, 1.54) is 29.6 Å². The summed E-state index contributed by atoms with van der Waals surface area (Å²) < 4.78 is 0. The number of thiazole rings is 1. The molecule has 1 fully saturated rings. The number of aromatic nitrogens is 1. The average Bonchev–Trinajstić information content (AvgIpc) is 2.81. The molecule has 1 aliphatic rings. The van der Waals surface area contributed by atoms with Crippen molar-refractivity contribution in [2.45, 2.75) is 45.1 Å². The molecular formula is C15H23N3O3S. The Hall–Kier alpha value is -1.47. The second-order valence-electron chi connectivity index (χ2n) is 5.60. The number of carboxylic acid groups (broad SMARTS) is 1. The van der Waals surface area contributed by atoms with Crippen LogP contribution < -0.4 is 5.32 Å². The van der Waals surface area contributed by atoms with E-state index in [2.05, 4.69) is 15.2 Å². The molecule has 22 heavy (non-hydrogen) atoms. The molecule has 0 unspecified atom stereocenters. The molecule has 2 heterocycles. The fourth-order valence-corrected chi connectivity index (χ4v) is 3.38. The van der Waals surface area contributed by atoms with Crippen LogP contribution in [0.5, 0.6) is 0 Å².